The average Bonchev–Trinajstić information content (AvgIpc) is 2.78. The first-order valence-corrected chi connectivity index (χ1v) is 7.40. The molecule has 1 aromatic rings. The van der Waals surface area contributed by atoms with Crippen LogP contribution in [0.1, 0.15) is 37.8 Å². The molecule has 1 fully saturated rings. The summed E-state index contributed by atoms with van der Waals surface area (Å²) in [5.74, 6) is 1.97. The molecule has 1 aliphatic rings. The summed E-state index contributed by atoms with van der Waals surface area (Å²) >= 11 is 0. The maximum Gasteiger partial charge on any atom is 0.122 e. The summed E-state index contributed by atoms with van der Waals surface area (Å²) in [4.78, 5) is 5.00. The maximum absolute atomic E-state index is 6.19. The standard InChI is InChI=1S/C15H27N3O/c1-4-7-17-8-10-18(11-9-17)15(13(3)16)14-6-5-12(2)19-14/h5-6,13,15H,4,7-11,16H2,1-3H3. The van der Waals surface area contributed by atoms with Crippen LogP contribution < -0.4 is 5.73 Å². The number of furan rings is 1. The van der Waals surface area contributed by atoms with Gasteiger partial charge < -0.3 is 15.1 Å². The van der Waals surface area contributed by atoms with Crippen molar-refractivity contribution >= 4 is 0 Å². The van der Waals surface area contributed by atoms with Crippen LogP contribution in [0.5, 0.6) is 0 Å². The summed E-state index contributed by atoms with van der Waals surface area (Å²) < 4.78 is 5.80. The number of hydrogen-bond donors (Lipinski definition) is 1. The van der Waals surface area contributed by atoms with Crippen LogP contribution in [0.4, 0.5) is 0 Å². The molecule has 19 heavy (non-hydrogen) atoms. The summed E-state index contributed by atoms with van der Waals surface area (Å²) in [7, 11) is 0. The molecule has 0 radical (unpaired) electrons. The van der Waals surface area contributed by atoms with E-state index in [1.807, 2.05) is 13.0 Å². The third-order valence-electron chi connectivity index (χ3n) is 3.89. The predicted molar refractivity (Wildman–Crippen MR) is 78.1 cm³/mol. The van der Waals surface area contributed by atoms with E-state index in [0.717, 1.165) is 37.7 Å². The van der Waals surface area contributed by atoms with Gasteiger partial charge in [-0.3, -0.25) is 4.90 Å². The van der Waals surface area contributed by atoms with Gasteiger partial charge in [0.2, 0.25) is 0 Å². The summed E-state index contributed by atoms with van der Waals surface area (Å²) in [5.41, 5.74) is 6.19. The second-order valence-corrected chi connectivity index (χ2v) is 5.63. The highest BCUT2D eigenvalue weighted by atomic mass is 16.3. The second kappa shape index (κ2) is 6.55. The smallest absolute Gasteiger partial charge is 0.122 e. The van der Waals surface area contributed by atoms with Crippen molar-refractivity contribution in [1.29, 1.82) is 0 Å². The third kappa shape index (κ3) is 3.59. The molecule has 1 aliphatic heterocycles. The minimum absolute atomic E-state index is 0.0864. The average molecular weight is 265 g/mol. The van der Waals surface area contributed by atoms with Crippen molar-refractivity contribution in [2.45, 2.75) is 39.3 Å². The maximum atomic E-state index is 6.19. The highest BCUT2D eigenvalue weighted by Crippen LogP contribution is 2.26. The van der Waals surface area contributed by atoms with E-state index in [0.29, 0.717) is 0 Å². The van der Waals surface area contributed by atoms with E-state index in [-0.39, 0.29) is 12.1 Å². The lowest BCUT2D eigenvalue weighted by atomic mass is 10.0. The van der Waals surface area contributed by atoms with Crippen molar-refractivity contribution in [3.05, 3.63) is 23.7 Å². The fourth-order valence-corrected chi connectivity index (χ4v) is 2.97. The lowest BCUT2D eigenvalue weighted by molar-refractivity contribution is 0.0767. The van der Waals surface area contributed by atoms with Crippen LogP contribution in [0.15, 0.2) is 16.5 Å². The molecule has 2 heterocycles. The monoisotopic (exact) mass is 265 g/mol. The molecule has 108 valence electrons. The fraction of sp³-hybridized carbons (Fsp3) is 0.733. The van der Waals surface area contributed by atoms with Crippen LogP contribution in [0, 0.1) is 6.92 Å². The van der Waals surface area contributed by atoms with Crippen LogP contribution >= 0.6 is 0 Å². The molecule has 2 unspecified atom stereocenters. The lowest BCUT2D eigenvalue weighted by Gasteiger charge is -2.39. The largest absolute Gasteiger partial charge is 0.465 e. The Labute approximate surface area is 116 Å². The van der Waals surface area contributed by atoms with Gasteiger partial charge in [0.05, 0.1) is 6.04 Å². The van der Waals surface area contributed by atoms with E-state index in [2.05, 4.69) is 29.7 Å². The first-order valence-electron chi connectivity index (χ1n) is 7.40. The van der Waals surface area contributed by atoms with Gasteiger partial charge >= 0.3 is 0 Å². The van der Waals surface area contributed by atoms with Gasteiger partial charge in [-0.1, -0.05) is 6.92 Å². The summed E-state index contributed by atoms with van der Waals surface area (Å²) in [6, 6.07) is 4.39. The van der Waals surface area contributed by atoms with E-state index in [1.165, 1.54) is 13.0 Å². The van der Waals surface area contributed by atoms with Crippen LogP contribution in [0.2, 0.25) is 0 Å². The van der Waals surface area contributed by atoms with E-state index < -0.39 is 0 Å². The number of nitrogens with zero attached hydrogens (tertiary/aromatic N) is 2. The molecule has 1 saturated heterocycles. The van der Waals surface area contributed by atoms with Gasteiger partial charge in [-0.05, 0) is 38.9 Å². The molecule has 2 N–H and O–H groups in total. The Hall–Kier alpha value is -0.840. The van der Waals surface area contributed by atoms with Crippen molar-refractivity contribution in [3.8, 4) is 0 Å². The van der Waals surface area contributed by atoms with Gasteiger partial charge in [-0.2, -0.15) is 0 Å². The fourth-order valence-electron chi connectivity index (χ4n) is 2.97. The third-order valence-corrected chi connectivity index (χ3v) is 3.89. The number of rotatable bonds is 5. The Kier molecular flexibility index (Phi) is 5.02. The van der Waals surface area contributed by atoms with E-state index in [1.54, 1.807) is 0 Å². The first-order chi connectivity index (χ1) is 9.11. The highest BCUT2D eigenvalue weighted by Gasteiger charge is 2.29. The highest BCUT2D eigenvalue weighted by molar-refractivity contribution is 5.12. The predicted octanol–water partition coefficient (Wildman–Crippen LogP) is 2.00. The molecule has 4 heteroatoms. The van der Waals surface area contributed by atoms with Gasteiger partial charge in [0.15, 0.2) is 0 Å². The molecule has 1 aromatic heterocycles. The molecule has 2 atom stereocenters. The topological polar surface area (TPSA) is 45.6 Å². The normalized spacial score (nSPS) is 21.5. The van der Waals surface area contributed by atoms with Crippen molar-refractivity contribution in [2.24, 2.45) is 5.73 Å². The summed E-state index contributed by atoms with van der Waals surface area (Å²) in [5, 5.41) is 0. The number of nitrogens with two attached hydrogens (primary N) is 1. The van der Waals surface area contributed by atoms with Crippen molar-refractivity contribution in [1.82, 2.24) is 9.80 Å². The number of hydrogen-bond acceptors (Lipinski definition) is 4. The SMILES string of the molecule is CCCN1CCN(C(c2ccc(C)o2)C(C)N)CC1. The van der Waals surface area contributed by atoms with Crippen LogP contribution in [-0.2, 0) is 0 Å². The molecule has 4 nitrogen and oxygen atoms in total. The molecule has 2 rings (SSSR count). The molecule has 0 spiro atoms. The minimum Gasteiger partial charge on any atom is -0.465 e. The van der Waals surface area contributed by atoms with Crippen molar-refractivity contribution in [2.75, 3.05) is 32.7 Å². The lowest BCUT2D eigenvalue weighted by Crippen LogP contribution is -2.50. The van der Waals surface area contributed by atoms with Gasteiger partial charge in [0, 0.05) is 32.2 Å². The Balaban J connectivity index is 2.01. The quantitative estimate of drug-likeness (QED) is 0.884. The van der Waals surface area contributed by atoms with Crippen LogP contribution in [0.25, 0.3) is 0 Å². The summed E-state index contributed by atoms with van der Waals surface area (Å²) in [6.45, 7) is 11.9. The van der Waals surface area contributed by atoms with Crippen molar-refractivity contribution < 1.29 is 4.42 Å². The zero-order valence-corrected chi connectivity index (χ0v) is 12.4. The van der Waals surface area contributed by atoms with E-state index >= 15 is 0 Å². The Morgan fingerprint density at radius 3 is 2.42 bits per heavy atom. The Morgan fingerprint density at radius 1 is 1.26 bits per heavy atom. The van der Waals surface area contributed by atoms with E-state index in [9.17, 15) is 0 Å². The van der Waals surface area contributed by atoms with Crippen molar-refractivity contribution in [3.63, 3.8) is 0 Å². The summed E-state index contributed by atoms with van der Waals surface area (Å²) in [6.07, 6.45) is 1.23. The first kappa shape index (κ1) is 14.6. The molecule has 0 bridgehead atoms. The Bertz CT molecular complexity index is 380. The van der Waals surface area contributed by atoms with Crippen LogP contribution in [-0.4, -0.2) is 48.6 Å². The molecular weight excluding hydrogens is 238 g/mol. The second-order valence-electron chi connectivity index (χ2n) is 5.63. The van der Waals surface area contributed by atoms with Crippen LogP contribution in [0.3, 0.4) is 0 Å². The number of aryl methyl sites for hydroxylation is 1. The minimum atomic E-state index is 0.0864. The number of piperazine rings is 1. The molecule has 0 saturated carbocycles. The van der Waals surface area contributed by atoms with Gasteiger partial charge in [-0.25, -0.2) is 0 Å². The molecule has 0 aliphatic carbocycles. The van der Waals surface area contributed by atoms with Gasteiger partial charge in [0.1, 0.15) is 11.5 Å². The van der Waals surface area contributed by atoms with E-state index in [4.69, 9.17) is 10.2 Å². The zero-order valence-electron chi connectivity index (χ0n) is 12.4. The Morgan fingerprint density at radius 2 is 1.95 bits per heavy atom. The molecule has 0 aromatic carbocycles. The molecular formula is C15H27N3O. The zero-order chi connectivity index (χ0) is 13.8. The molecule has 0 amide bonds. The van der Waals surface area contributed by atoms with Gasteiger partial charge in [0.25, 0.3) is 0 Å². The van der Waals surface area contributed by atoms with Gasteiger partial charge in [-0.15, -0.1) is 0 Å².